The molecule has 0 N–H and O–H groups in total. The van der Waals surface area contributed by atoms with Crippen molar-refractivity contribution < 1.29 is 190 Å². The van der Waals surface area contributed by atoms with Crippen LogP contribution in [0.3, 0.4) is 0 Å². The molecule has 0 saturated heterocycles. The van der Waals surface area contributed by atoms with Crippen LogP contribution in [0.1, 0.15) is 0 Å². The summed E-state index contributed by atoms with van der Waals surface area (Å²) in [6, 6.07) is 0. The third-order valence-corrected chi connectivity index (χ3v) is 0. The molecular formula is Ag6F3O9P3. The van der Waals surface area contributed by atoms with E-state index in [-0.39, 0.29) is 134 Å². The SMILES string of the molecule is O=P([O-])([O-])F.O=P([O-])([O-])F.O=P([O-])([O-])F.[Ag+].[Ag+].[Ag+].[Ag+].[Ag+].[Ag+]. The normalized spacial score (nSPS) is 8.43. The third kappa shape index (κ3) is 579. The maximum absolute atomic E-state index is 10.1. The van der Waals surface area contributed by atoms with Gasteiger partial charge in [0.2, 0.25) is 0 Å². The van der Waals surface area contributed by atoms with Crippen LogP contribution in [0.25, 0.3) is 0 Å². The molecule has 0 rings (SSSR count). The predicted molar refractivity (Wildman–Crippen MR) is 26.1 cm³/mol. The monoisotopic (exact) mass is 935 g/mol. The van der Waals surface area contributed by atoms with Crippen molar-refractivity contribution in [2.75, 3.05) is 0 Å². The summed E-state index contributed by atoms with van der Waals surface area (Å²) in [6.07, 6.45) is 0. The Bertz CT molecular complexity index is 225. The molecule has 0 aromatic rings. The van der Waals surface area contributed by atoms with Crippen molar-refractivity contribution in [3.05, 3.63) is 0 Å². The zero-order chi connectivity index (χ0) is 13.5. The first-order chi connectivity index (χ1) is 6.00. The standard InChI is InChI=1S/6Ag.3FH2O3P/c;;;;;;3*1-5(2,3)4/h;;;;;;3*(H2,2,3,4)/q6*+1;;;/p-6. The van der Waals surface area contributed by atoms with Crippen molar-refractivity contribution in [3.63, 3.8) is 0 Å². The third-order valence-electron chi connectivity index (χ3n) is 0. The van der Waals surface area contributed by atoms with Crippen LogP contribution in [0, 0.1) is 0 Å². The van der Waals surface area contributed by atoms with Gasteiger partial charge in [0.1, 0.15) is 23.7 Å². The first kappa shape index (κ1) is 56.2. The van der Waals surface area contributed by atoms with E-state index in [4.69, 9.17) is 43.1 Å². The van der Waals surface area contributed by atoms with Gasteiger partial charge in [-0.1, -0.05) is 0 Å². The van der Waals surface area contributed by atoms with Gasteiger partial charge in [0, 0.05) is 0 Å². The Morgan fingerprint density at radius 2 is 0.429 bits per heavy atom. The van der Waals surface area contributed by atoms with Crippen LogP contribution in [0.4, 0.5) is 12.6 Å². The summed E-state index contributed by atoms with van der Waals surface area (Å²) < 4.78 is 55.7. The molecule has 21 heteroatoms. The van der Waals surface area contributed by atoms with Gasteiger partial charge < -0.3 is 43.1 Å². The van der Waals surface area contributed by atoms with Gasteiger partial charge in [0.15, 0.2) is 0 Å². The molecule has 156 valence electrons. The maximum Gasteiger partial charge on any atom is 1.00 e. The Balaban J connectivity index is -0.0000000129. The van der Waals surface area contributed by atoms with Gasteiger partial charge in [-0.25, -0.2) is 12.6 Å². The van der Waals surface area contributed by atoms with Gasteiger partial charge in [-0.2, -0.15) is 0 Å². The van der Waals surface area contributed by atoms with E-state index in [2.05, 4.69) is 0 Å². The molecular weight excluding hydrogens is 941 g/mol. The maximum atomic E-state index is 10.1. The molecule has 0 atom stereocenters. The molecule has 0 unspecified atom stereocenters. The van der Waals surface area contributed by atoms with E-state index >= 15 is 0 Å². The minimum absolute atomic E-state index is 0. The van der Waals surface area contributed by atoms with E-state index in [1.165, 1.54) is 0 Å². The second-order valence-electron chi connectivity index (χ2n) is 1.29. The van der Waals surface area contributed by atoms with Gasteiger partial charge in [-0.3, -0.25) is 0 Å². The van der Waals surface area contributed by atoms with Crippen LogP contribution in [-0.4, -0.2) is 0 Å². The fourth-order valence-corrected chi connectivity index (χ4v) is 0. The zero-order valence-electron chi connectivity index (χ0n) is 7.96. The van der Waals surface area contributed by atoms with Crippen molar-refractivity contribution in [1.29, 1.82) is 0 Å². The zero-order valence-corrected chi connectivity index (χ0v) is 19.5. The molecule has 0 aliphatic heterocycles. The van der Waals surface area contributed by atoms with Crippen LogP contribution >= 0.6 is 23.7 Å². The Morgan fingerprint density at radius 1 is 0.429 bits per heavy atom. The molecule has 0 bridgehead atoms. The van der Waals surface area contributed by atoms with E-state index < -0.39 is 23.7 Å². The molecule has 0 radical (unpaired) electrons. The Labute approximate surface area is 210 Å². The molecule has 21 heavy (non-hydrogen) atoms. The fraction of sp³-hybridized carbons (Fsp3) is 0. The molecule has 0 aromatic heterocycles. The summed E-state index contributed by atoms with van der Waals surface area (Å²) in [5.74, 6) is 0. The summed E-state index contributed by atoms with van der Waals surface area (Å²) in [4.78, 5) is 50.6. The Hall–Kier alpha value is 4.68. The molecule has 0 amide bonds. The van der Waals surface area contributed by atoms with E-state index in [0.29, 0.717) is 0 Å². The second-order valence-corrected chi connectivity index (χ2v) is 3.88. The molecule has 0 saturated carbocycles. The predicted octanol–water partition coefficient (Wildman–Crippen LogP) is -3.66. The topological polar surface area (TPSA) is 190 Å². The molecule has 0 aromatic carbocycles. The average Bonchev–Trinajstić information content (AvgIpc) is 1.41. The second kappa shape index (κ2) is 26.9. The van der Waals surface area contributed by atoms with Crippen molar-refractivity contribution in [2.45, 2.75) is 0 Å². The fourth-order valence-electron chi connectivity index (χ4n) is 0. The van der Waals surface area contributed by atoms with E-state index in [1.54, 1.807) is 0 Å². The van der Waals surface area contributed by atoms with Crippen molar-refractivity contribution in [2.24, 2.45) is 0 Å². The van der Waals surface area contributed by atoms with E-state index in [0.717, 1.165) is 0 Å². The Morgan fingerprint density at radius 3 is 0.429 bits per heavy atom. The van der Waals surface area contributed by atoms with Crippen LogP contribution in [0.5, 0.6) is 0 Å². The summed E-state index contributed by atoms with van der Waals surface area (Å²) >= 11 is 0. The minimum atomic E-state index is -5.64. The smallest absolute Gasteiger partial charge is 0.786 e. The summed E-state index contributed by atoms with van der Waals surface area (Å²) in [6.45, 7) is 0. The van der Waals surface area contributed by atoms with Crippen LogP contribution < -0.4 is 29.4 Å². The summed E-state index contributed by atoms with van der Waals surface area (Å²) in [7, 11) is -16.9. The number of rotatable bonds is 0. The molecule has 0 aliphatic rings. The molecule has 0 fully saturated rings. The van der Waals surface area contributed by atoms with Crippen molar-refractivity contribution in [3.8, 4) is 0 Å². The quantitative estimate of drug-likeness (QED) is 0.174. The number of halogens is 3. The first-order valence-electron chi connectivity index (χ1n) is 2.15. The van der Waals surface area contributed by atoms with Gasteiger partial charge in [0.05, 0.1) is 0 Å². The van der Waals surface area contributed by atoms with E-state index in [1.807, 2.05) is 0 Å². The Kier molecular flexibility index (Phi) is 72.0. The first-order valence-corrected chi connectivity index (χ1v) is 6.45. The number of hydrogen-bond donors (Lipinski definition) is 0. The minimum Gasteiger partial charge on any atom is -0.786 e. The molecule has 9 nitrogen and oxygen atoms in total. The molecule has 0 heterocycles. The number of hydrogen-bond acceptors (Lipinski definition) is 9. The summed E-state index contributed by atoms with van der Waals surface area (Å²) in [5.41, 5.74) is 0. The molecule has 0 aliphatic carbocycles. The van der Waals surface area contributed by atoms with Crippen LogP contribution in [0.2, 0.25) is 0 Å². The average molecular weight is 941 g/mol. The van der Waals surface area contributed by atoms with Gasteiger partial charge in [-0.15, -0.1) is 0 Å². The van der Waals surface area contributed by atoms with Crippen LogP contribution in [-0.2, 0) is 148 Å². The van der Waals surface area contributed by atoms with Gasteiger partial charge >= 0.3 is 134 Å². The van der Waals surface area contributed by atoms with E-state index in [9.17, 15) is 12.6 Å². The van der Waals surface area contributed by atoms with Gasteiger partial charge in [-0.05, 0) is 0 Å². The molecule has 0 spiro atoms. The van der Waals surface area contributed by atoms with Crippen LogP contribution in [0.15, 0.2) is 0 Å². The van der Waals surface area contributed by atoms with Gasteiger partial charge in [0.25, 0.3) is 0 Å². The van der Waals surface area contributed by atoms with Crippen molar-refractivity contribution in [1.82, 2.24) is 0 Å². The summed E-state index contributed by atoms with van der Waals surface area (Å²) in [5, 5.41) is 0. The largest absolute Gasteiger partial charge is 1.00 e. The van der Waals surface area contributed by atoms with Crippen molar-refractivity contribution >= 4 is 23.7 Å².